The van der Waals surface area contributed by atoms with E-state index in [0.29, 0.717) is 0 Å². The third-order valence-electron chi connectivity index (χ3n) is 5.36. The van der Waals surface area contributed by atoms with E-state index in [9.17, 15) is 0 Å². The standard InChI is InChI=1S/C18H36BN2O2.ClH/c1-17-5-11-20(12-6-17)9-3-15-22-19-23-16-4-10-21-13-7-18(2)8-14-21;/h17-18H,3-16H2,1-2H3;1H. The van der Waals surface area contributed by atoms with Gasteiger partial charge in [-0.2, -0.15) is 0 Å². The first-order valence-electron chi connectivity index (χ1n) is 9.73. The van der Waals surface area contributed by atoms with Crippen LogP contribution in [0.1, 0.15) is 52.4 Å². The first-order chi connectivity index (χ1) is 11.2. The van der Waals surface area contributed by atoms with E-state index in [2.05, 4.69) is 23.6 Å². The van der Waals surface area contributed by atoms with E-state index < -0.39 is 0 Å². The van der Waals surface area contributed by atoms with Crippen LogP contribution in [-0.2, 0) is 9.31 Å². The van der Waals surface area contributed by atoms with Gasteiger partial charge in [0.2, 0.25) is 0 Å². The summed E-state index contributed by atoms with van der Waals surface area (Å²) in [6.45, 7) is 13.6. The van der Waals surface area contributed by atoms with E-state index >= 15 is 0 Å². The highest BCUT2D eigenvalue weighted by atomic mass is 35.5. The number of halogens is 1. The average Bonchev–Trinajstić information content (AvgIpc) is 2.56. The van der Waals surface area contributed by atoms with Crippen LogP contribution < -0.4 is 0 Å². The minimum atomic E-state index is 0. The molecule has 0 atom stereocenters. The number of hydrogen-bond donors (Lipinski definition) is 0. The molecule has 2 rings (SSSR count). The zero-order chi connectivity index (χ0) is 16.3. The third kappa shape index (κ3) is 9.62. The van der Waals surface area contributed by atoms with Crippen LogP contribution in [0.2, 0.25) is 0 Å². The topological polar surface area (TPSA) is 24.9 Å². The molecule has 0 aromatic rings. The Morgan fingerprint density at radius 3 is 1.50 bits per heavy atom. The van der Waals surface area contributed by atoms with Gasteiger partial charge in [-0.3, -0.25) is 0 Å². The van der Waals surface area contributed by atoms with Crippen molar-refractivity contribution in [2.24, 2.45) is 11.8 Å². The predicted molar refractivity (Wildman–Crippen MR) is 104 cm³/mol. The molecule has 0 aliphatic carbocycles. The lowest BCUT2D eigenvalue weighted by Crippen LogP contribution is -2.34. The number of likely N-dealkylation sites (tertiary alicyclic amines) is 2. The van der Waals surface area contributed by atoms with Crippen LogP contribution in [0.5, 0.6) is 0 Å². The minimum Gasteiger partial charge on any atom is -0.413 e. The number of nitrogens with zero attached hydrogens (tertiary/aromatic N) is 2. The summed E-state index contributed by atoms with van der Waals surface area (Å²) in [5.74, 6) is 1.83. The van der Waals surface area contributed by atoms with Crippen LogP contribution in [0.25, 0.3) is 0 Å². The molecule has 2 saturated heterocycles. The largest absolute Gasteiger partial charge is 0.487 e. The quantitative estimate of drug-likeness (QED) is 0.442. The third-order valence-corrected chi connectivity index (χ3v) is 5.36. The Balaban J connectivity index is 0.00000288. The lowest BCUT2D eigenvalue weighted by atomic mass is 9.99. The lowest BCUT2D eigenvalue weighted by molar-refractivity contribution is 0.158. The Morgan fingerprint density at radius 1 is 0.750 bits per heavy atom. The van der Waals surface area contributed by atoms with E-state index in [0.717, 1.165) is 51.0 Å². The first kappa shape index (κ1) is 22.2. The van der Waals surface area contributed by atoms with Crippen LogP contribution >= 0.6 is 12.4 Å². The van der Waals surface area contributed by atoms with Crippen molar-refractivity contribution in [1.82, 2.24) is 9.80 Å². The molecular formula is C18H37BClN2O2. The van der Waals surface area contributed by atoms with Crippen molar-refractivity contribution < 1.29 is 9.31 Å². The molecular weight excluding hydrogens is 322 g/mol. The normalized spacial score (nSPS) is 21.6. The fraction of sp³-hybridized carbons (Fsp3) is 1.00. The maximum Gasteiger partial charge on any atom is 0.487 e. The van der Waals surface area contributed by atoms with Crippen molar-refractivity contribution in [2.75, 3.05) is 52.5 Å². The zero-order valence-electron chi connectivity index (χ0n) is 15.8. The molecule has 0 aromatic carbocycles. The van der Waals surface area contributed by atoms with Crippen molar-refractivity contribution in [1.29, 1.82) is 0 Å². The van der Waals surface area contributed by atoms with Gasteiger partial charge in [-0.15, -0.1) is 12.4 Å². The zero-order valence-corrected chi connectivity index (χ0v) is 16.6. The second kappa shape index (κ2) is 13.4. The average molecular weight is 360 g/mol. The molecule has 0 N–H and O–H groups in total. The lowest BCUT2D eigenvalue weighted by Gasteiger charge is -2.30. The van der Waals surface area contributed by atoms with E-state index in [4.69, 9.17) is 9.31 Å². The Morgan fingerprint density at radius 2 is 1.12 bits per heavy atom. The van der Waals surface area contributed by atoms with Gasteiger partial charge < -0.3 is 19.1 Å². The van der Waals surface area contributed by atoms with Gasteiger partial charge in [0, 0.05) is 26.3 Å². The van der Waals surface area contributed by atoms with Gasteiger partial charge in [-0.1, -0.05) is 13.8 Å². The van der Waals surface area contributed by atoms with Crippen LogP contribution in [-0.4, -0.2) is 70.0 Å². The Kier molecular flexibility index (Phi) is 12.4. The van der Waals surface area contributed by atoms with E-state index in [1.54, 1.807) is 7.69 Å². The molecule has 24 heavy (non-hydrogen) atoms. The SMILES string of the molecule is CC1CCN(CCCO[B]OCCCN2CCC(C)CC2)CC1.Cl. The summed E-state index contributed by atoms with van der Waals surface area (Å²) in [4.78, 5) is 5.12. The molecule has 0 aromatic heterocycles. The monoisotopic (exact) mass is 359 g/mol. The van der Waals surface area contributed by atoms with Gasteiger partial charge in [0.1, 0.15) is 0 Å². The molecule has 2 aliphatic heterocycles. The Bertz CT molecular complexity index is 269. The Labute approximate surface area is 156 Å². The summed E-state index contributed by atoms with van der Waals surface area (Å²) < 4.78 is 10.9. The van der Waals surface area contributed by atoms with Crippen molar-refractivity contribution in [2.45, 2.75) is 52.4 Å². The summed E-state index contributed by atoms with van der Waals surface area (Å²) in [5.41, 5.74) is 0. The summed E-state index contributed by atoms with van der Waals surface area (Å²) in [7, 11) is 1.55. The second-order valence-electron chi connectivity index (χ2n) is 7.59. The fourth-order valence-corrected chi connectivity index (χ4v) is 3.46. The van der Waals surface area contributed by atoms with Crippen LogP contribution in [0, 0.1) is 11.8 Å². The number of piperidine rings is 2. The molecule has 0 spiro atoms. The van der Waals surface area contributed by atoms with Gasteiger partial charge in [-0.05, 0) is 76.5 Å². The van der Waals surface area contributed by atoms with Crippen molar-refractivity contribution in [3.63, 3.8) is 0 Å². The molecule has 0 bridgehead atoms. The smallest absolute Gasteiger partial charge is 0.413 e. The summed E-state index contributed by atoms with van der Waals surface area (Å²) >= 11 is 0. The molecule has 141 valence electrons. The van der Waals surface area contributed by atoms with Crippen molar-refractivity contribution in [3.8, 4) is 0 Å². The van der Waals surface area contributed by atoms with Crippen LogP contribution in [0.15, 0.2) is 0 Å². The Hall–Kier alpha value is 0.195. The van der Waals surface area contributed by atoms with E-state index in [-0.39, 0.29) is 12.4 Å². The highest BCUT2D eigenvalue weighted by molar-refractivity contribution is 6.17. The van der Waals surface area contributed by atoms with Gasteiger partial charge in [0.15, 0.2) is 0 Å². The van der Waals surface area contributed by atoms with E-state index in [1.807, 2.05) is 0 Å². The molecule has 0 saturated carbocycles. The van der Waals surface area contributed by atoms with Crippen LogP contribution in [0.4, 0.5) is 0 Å². The van der Waals surface area contributed by atoms with Gasteiger partial charge in [0.05, 0.1) is 0 Å². The first-order valence-corrected chi connectivity index (χ1v) is 9.73. The van der Waals surface area contributed by atoms with Crippen LogP contribution in [0.3, 0.4) is 0 Å². The molecule has 0 amide bonds. The molecule has 2 fully saturated rings. The van der Waals surface area contributed by atoms with Gasteiger partial charge in [0.25, 0.3) is 0 Å². The summed E-state index contributed by atoms with van der Waals surface area (Å²) in [6.07, 6.45) is 7.61. The summed E-state index contributed by atoms with van der Waals surface area (Å²) in [6, 6.07) is 0. The molecule has 2 heterocycles. The molecule has 6 heteroatoms. The highest BCUT2D eigenvalue weighted by Gasteiger charge is 2.15. The molecule has 2 aliphatic rings. The summed E-state index contributed by atoms with van der Waals surface area (Å²) in [5, 5.41) is 0. The van der Waals surface area contributed by atoms with E-state index in [1.165, 1.54) is 51.9 Å². The maximum atomic E-state index is 5.46. The van der Waals surface area contributed by atoms with Crippen molar-refractivity contribution in [3.05, 3.63) is 0 Å². The molecule has 1 radical (unpaired) electrons. The maximum absolute atomic E-state index is 5.46. The number of rotatable bonds is 10. The molecule has 4 nitrogen and oxygen atoms in total. The van der Waals surface area contributed by atoms with Gasteiger partial charge in [-0.25, -0.2) is 0 Å². The highest BCUT2D eigenvalue weighted by Crippen LogP contribution is 2.16. The van der Waals surface area contributed by atoms with Crippen molar-refractivity contribution >= 4 is 20.1 Å². The second-order valence-corrected chi connectivity index (χ2v) is 7.59. The molecule has 0 unspecified atom stereocenters. The van der Waals surface area contributed by atoms with Gasteiger partial charge >= 0.3 is 7.69 Å². The predicted octanol–water partition coefficient (Wildman–Crippen LogP) is 3.22. The number of hydrogen-bond acceptors (Lipinski definition) is 4. The minimum absolute atomic E-state index is 0. The fourth-order valence-electron chi connectivity index (χ4n) is 3.46.